The molecule has 0 radical (unpaired) electrons. The number of aromatic nitrogens is 1. The lowest BCUT2D eigenvalue weighted by Gasteiger charge is -2.16. The van der Waals surface area contributed by atoms with Gasteiger partial charge >= 0.3 is 0 Å². The molecule has 1 aromatic heterocycles. The smallest absolute Gasteiger partial charge is 0.0547 e. The molecule has 0 aliphatic rings. The Morgan fingerprint density at radius 3 is 1.59 bits per heavy atom. The molecule has 0 amide bonds. The maximum absolute atomic E-state index is 2.46. The van der Waals surface area contributed by atoms with Crippen molar-refractivity contribution in [2.75, 3.05) is 0 Å². The SMILES string of the molecule is c1ccc(-c2ccc3c(c2)c2ccccc2n3-c2cccc3c4ccccc4c4ccccc4c23)cc1. The molecule has 37 heavy (non-hydrogen) atoms. The summed E-state index contributed by atoms with van der Waals surface area (Å²) < 4.78 is 2.46. The van der Waals surface area contributed by atoms with Crippen molar-refractivity contribution < 1.29 is 0 Å². The van der Waals surface area contributed by atoms with E-state index in [2.05, 4.69) is 144 Å². The molecule has 8 aromatic rings. The quantitative estimate of drug-likeness (QED) is 0.222. The van der Waals surface area contributed by atoms with Crippen LogP contribution in [0.3, 0.4) is 0 Å². The molecule has 1 nitrogen and oxygen atoms in total. The van der Waals surface area contributed by atoms with E-state index in [0.29, 0.717) is 0 Å². The van der Waals surface area contributed by atoms with Gasteiger partial charge in [0.2, 0.25) is 0 Å². The molecule has 0 spiro atoms. The Labute approximate surface area is 214 Å². The van der Waals surface area contributed by atoms with Gasteiger partial charge in [-0.3, -0.25) is 0 Å². The molecule has 1 heteroatoms. The first-order valence-corrected chi connectivity index (χ1v) is 12.8. The van der Waals surface area contributed by atoms with Crippen molar-refractivity contribution >= 4 is 54.1 Å². The van der Waals surface area contributed by atoms with Gasteiger partial charge in [-0.1, -0.05) is 115 Å². The van der Waals surface area contributed by atoms with Crippen molar-refractivity contribution in [1.29, 1.82) is 0 Å². The van der Waals surface area contributed by atoms with Crippen molar-refractivity contribution in [2.45, 2.75) is 0 Å². The van der Waals surface area contributed by atoms with Crippen LogP contribution in [0.2, 0.25) is 0 Å². The van der Waals surface area contributed by atoms with Crippen LogP contribution < -0.4 is 0 Å². The monoisotopic (exact) mass is 469 g/mol. The van der Waals surface area contributed by atoms with Gasteiger partial charge in [-0.2, -0.15) is 0 Å². The van der Waals surface area contributed by atoms with Gasteiger partial charge in [0.25, 0.3) is 0 Å². The largest absolute Gasteiger partial charge is 0.309 e. The number of hydrogen-bond acceptors (Lipinski definition) is 0. The van der Waals surface area contributed by atoms with Gasteiger partial charge < -0.3 is 4.57 Å². The Hall–Kier alpha value is -4.88. The van der Waals surface area contributed by atoms with Gasteiger partial charge in [0.15, 0.2) is 0 Å². The van der Waals surface area contributed by atoms with Crippen LogP contribution in [0.15, 0.2) is 140 Å². The van der Waals surface area contributed by atoms with E-state index in [1.165, 1.54) is 70.9 Å². The summed E-state index contributed by atoms with van der Waals surface area (Å²) in [6.07, 6.45) is 0. The molecule has 0 unspecified atom stereocenters. The maximum Gasteiger partial charge on any atom is 0.0547 e. The van der Waals surface area contributed by atoms with Crippen molar-refractivity contribution in [3.63, 3.8) is 0 Å². The van der Waals surface area contributed by atoms with E-state index in [1.807, 2.05) is 0 Å². The number of fused-ring (bicyclic) bond motifs is 9. The Morgan fingerprint density at radius 2 is 0.865 bits per heavy atom. The molecule has 0 bridgehead atoms. The zero-order valence-corrected chi connectivity index (χ0v) is 20.2. The van der Waals surface area contributed by atoms with E-state index in [1.54, 1.807) is 0 Å². The minimum atomic E-state index is 1.22. The zero-order valence-electron chi connectivity index (χ0n) is 20.2. The van der Waals surface area contributed by atoms with Gasteiger partial charge in [0.1, 0.15) is 0 Å². The van der Waals surface area contributed by atoms with E-state index in [-0.39, 0.29) is 0 Å². The lowest BCUT2D eigenvalue weighted by Crippen LogP contribution is -1.96. The molecule has 0 fully saturated rings. The number of benzene rings is 7. The Kier molecular flexibility index (Phi) is 4.29. The topological polar surface area (TPSA) is 4.93 Å². The second-order valence-corrected chi connectivity index (χ2v) is 9.74. The normalized spacial score (nSPS) is 11.8. The fourth-order valence-corrected chi connectivity index (χ4v) is 6.17. The maximum atomic E-state index is 2.46. The predicted octanol–water partition coefficient (Wildman–Crippen LogP) is 9.91. The second-order valence-electron chi connectivity index (χ2n) is 9.74. The van der Waals surface area contributed by atoms with Crippen LogP contribution in [-0.2, 0) is 0 Å². The first-order chi connectivity index (χ1) is 18.4. The highest BCUT2D eigenvalue weighted by Crippen LogP contribution is 2.41. The van der Waals surface area contributed by atoms with E-state index >= 15 is 0 Å². The van der Waals surface area contributed by atoms with E-state index in [9.17, 15) is 0 Å². The summed E-state index contributed by atoms with van der Waals surface area (Å²) in [7, 11) is 0. The van der Waals surface area contributed by atoms with Crippen LogP contribution in [0, 0.1) is 0 Å². The van der Waals surface area contributed by atoms with Crippen LogP contribution in [0.1, 0.15) is 0 Å². The molecule has 0 saturated carbocycles. The average Bonchev–Trinajstić information content (AvgIpc) is 3.31. The summed E-state index contributed by atoms with van der Waals surface area (Å²) in [5.41, 5.74) is 6.16. The Morgan fingerprint density at radius 1 is 0.324 bits per heavy atom. The van der Waals surface area contributed by atoms with E-state index in [4.69, 9.17) is 0 Å². The van der Waals surface area contributed by atoms with Gasteiger partial charge in [-0.15, -0.1) is 0 Å². The second kappa shape index (κ2) is 7.81. The average molecular weight is 470 g/mol. The third kappa shape index (κ3) is 2.92. The zero-order chi connectivity index (χ0) is 24.3. The molecule has 0 aliphatic heterocycles. The molecule has 0 atom stereocenters. The highest BCUT2D eigenvalue weighted by atomic mass is 15.0. The minimum Gasteiger partial charge on any atom is -0.309 e. The fraction of sp³-hybridized carbons (Fsp3) is 0. The van der Waals surface area contributed by atoms with Crippen LogP contribution in [0.4, 0.5) is 0 Å². The number of rotatable bonds is 2. The van der Waals surface area contributed by atoms with Gasteiger partial charge in [0.05, 0.1) is 16.7 Å². The predicted molar refractivity (Wildman–Crippen MR) is 159 cm³/mol. The van der Waals surface area contributed by atoms with Crippen LogP contribution in [-0.4, -0.2) is 4.57 Å². The number of nitrogens with zero attached hydrogens (tertiary/aromatic N) is 1. The molecular weight excluding hydrogens is 446 g/mol. The molecule has 0 N–H and O–H groups in total. The van der Waals surface area contributed by atoms with Gasteiger partial charge in [-0.05, 0) is 62.3 Å². The summed E-state index contributed by atoms with van der Waals surface area (Å²) in [5.74, 6) is 0. The summed E-state index contributed by atoms with van der Waals surface area (Å²) >= 11 is 0. The molecular formula is C36H23N. The minimum absolute atomic E-state index is 1.22. The number of para-hydroxylation sites is 1. The summed E-state index contributed by atoms with van der Waals surface area (Å²) in [4.78, 5) is 0. The Balaban J connectivity index is 1.54. The van der Waals surface area contributed by atoms with E-state index < -0.39 is 0 Å². The molecule has 0 aliphatic carbocycles. The first kappa shape index (κ1) is 20.3. The van der Waals surface area contributed by atoms with Crippen molar-refractivity contribution in [3.05, 3.63) is 140 Å². The van der Waals surface area contributed by atoms with Crippen LogP contribution in [0.5, 0.6) is 0 Å². The highest BCUT2D eigenvalue weighted by Gasteiger charge is 2.17. The fourth-order valence-electron chi connectivity index (χ4n) is 6.17. The molecule has 7 aromatic carbocycles. The number of hydrogen-bond donors (Lipinski definition) is 0. The lowest BCUT2D eigenvalue weighted by molar-refractivity contribution is 1.20. The Bertz CT molecular complexity index is 2090. The molecule has 0 saturated heterocycles. The summed E-state index contributed by atoms with van der Waals surface area (Å²) in [6.45, 7) is 0. The van der Waals surface area contributed by atoms with Crippen LogP contribution >= 0.6 is 0 Å². The van der Waals surface area contributed by atoms with Crippen molar-refractivity contribution in [3.8, 4) is 16.8 Å². The molecule has 8 rings (SSSR count). The van der Waals surface area contributed by atoms with Gasteiger partial charge in [-0.25, -0.2) is 0 Å². The first-order valence-electron chi connectivity index (χ1n) is 12.8. The van der Waals surface area contributed by atoms with Crippen molar-refractivity contribution in [2.24, 2.45) is 0 Å². The third-order valence-electron chi connectivity index (χ3n) is 7.77. The summed E-state index contributed by atoms with van der Waals surface area (Å²) in [6, 6.07) is 50.7. The standard InChI is InChI=1S/C36H23N/c1-2-11-24(12-3-1)25-21-22-34-32(23-25)29-16-8-9-19-33(29)37(34)35-20-10-18-31-28-14-5-4-13-26(28)27-15-6-7-17-30(27)36(31)35/h1-23H. The van der Waals surface area contributed by atoms with E-state index in [0.717, 1.165) is 0 Å². The highest BCUT2D eigenvalue weighted by molar-refractivity contribution is 6.27. The summed E-state index contributed by atoms with van der Waals surface area (Å²) in [5, 5.41) is 10.3. The lowest BCUT2D eigenvalue weighted by atomic mass is 9.93. The molecule has 1 heterocycles. The van der Waals surface area contributed by atoms with Crippen molar-refractivity contribution in [1.82, 2.24) is 4.57 Å². The van der Waals surface area contributed by atoms with Crippen LogP contribution in [0.25, 0.3) is 70.9 Å². The molecule has 172 valence electrons. The third-order valence-corrected chi connectivity index (χ3v) is 7.77. The van der Waals surface area contributed by atoms with Gasteiger partial charge in [0, 0.05) is 16.2 Å².